The fourth-order valence-corrected chi connectivity index (χ4v) is 4.34. The summed E-state index contributed by atoms with van der Waals surface area (Å²) in [6.07, 6.45) is -1.51. The Balaban J connectivity index is 1.57. The van der Waals surface area contributed by atoms with Gasteiger partial charge in [-0.2, -0.15) is 13.2 Å². The van der Waals surface area contributed by atoms with Crippen molar-refractivity contribution in [3.05, 3.63) is 77.4 Å². The van der Waals surface area contributed by atoms with E-state index in [1.54, 1.807) is 24.3 Å². The lowest BCUT2D eigenvalue weighted by Crippen LogP contribution is -2.43. The number of ether oxygens (including phenoxy) is 2. The quantitative estimate of drug-likeness (QED) is 0.411. The summed E-state index contributed by atoms with van der Waals surface area (Å²) in [5.74, 6) is 0.0416. The number of likely N-dealkylation sites (tertiary alicyclic amines) is 1. The Morgan fingerprint density at radius 2 is 1.74 bits per heavy atom. The highest BCUT2D eigenvalue weighted by atomic mass is 19.4. The standard InChI is InChI=1S/C26H27F4N3O2/c1-33-11-9-25(10-12-33,19-4-6-21(27)7-5-19)17-35-16-22-13-20(26(28,29)30)14-23(32-22)18-3-8-24(34-2)31-15-18/h3-8,13-15H,9-12,16-17H2,1-2H3. The molecule has 4 rings (SSSR count). The lowest BCUT2D eigenvalue weighted by atomic mass is 9.73. The second-order valence-electron chi connectivity index (χ2n) is 8.90. The number of nitrogens with zero attached hydrogens (tertiary/aromatic N) is 3. The number of methoxy groups -OCH3 is 1. The van der Waals surface area contributed by atoms with Crippen LogP contribution in [0.25, 0.3) is 11.3 Å². The molecule has 1 aliphatic heterocycles. The van der Waals surface area contributed by atoms with E-state index in [0.29, 0.717) is 18.1 Å². The molecular weight excluding hydrogens is 462 g/mol. The molecule has 0 bridgehead atoms. The molecule has 3 aromatic rings. The van der Waals surface area contributed by atoms with Gasteiger partial charge in [-0.25, -0.2) is 9.37 Å². The first-order valence-corrected chi connectivity index (χ1v) is 11.3. The lowest BCUT2D eigenvalue weighted by Gasteiger charge is -2.41. The first-order chi connectivity index (χ1) is 16.7. The number of alkyl halides is 3. The Hall–Kier alpha value is -3.04. The molecule has 1 aliphatic rings. The van der Waals surface area contributed by atoms with Crippen LogP contribution in [0.5, 0.6) is 5.88 Å². The van der Waals surface area contributed by atoms with Crippen LogP contribution in [0, 0.1) is 5.82 Å². The molecule has 1 aromatic carbocycles. The Bertz CT molecular complexity index is 1130. The van der Waals surface area contributed by atoms with Gasteiger partial charge in [-0.05, 0) is 68.9 Å². The summed E-state index contributed by atoms with van der Waals surface area (Å²) in [6.45, 7) is 1.90. The van der Waals surface area contributed by atoms with Gasteiger partial charge in [0.15, 0.2) is 0 Å². The second-order valence-corrected chi connectivity index (χ2v) is 8.90. The third kappa shape index (κ3) is 5.97. The number of rotatable bonds is 7. The van der Waals surface area contributed by atoms with Gasteiger partial charge in [0.05, 0.1) is 37.3 Å². The number of halogens is 4. The van der Waals surface area contributed by atoms with Gasteiger partial charge in [0.2, 0.25) is 5.88 Å². The molecule has 0 spiro atoms. The molecule has 2 aromatic heterocycles. The molecule has 5 nitrogen and oxygen atoms in total. The minimum Gasteiger partial charge on any atom is -0.481 e. The van der Waals surface area contributed by atoms with E-state index in [-0.39, 0.29) is 29.2 Å². The van der Waals surface area contributed by atoms with E-state index in [2.05, 4.69) is 14.9 Å². The van der Waals surface area contributed by atoms with Crippen molar-refractivity contribution in [2.45, 2.75) is 31.0 Å². The van der Waals surface area contributed by atoms with Crippen molar-refractivity contribution in [1.82, 2.24) is 14.9 Å². The third-order valence-corrected chi connectivity index (χ3v) is 6.48. The SMILES string of the molecule is COc1ccc(-c2cc(C(F)(F)F)cc(COCC3(c4ccc(F)cc4)CCN(C)CC3)n2)cn1. The van der Waals surface area contributed by atoms with E-state index in [0.717, 1.165) is 43.6 Å². The zero-order chi connectivity index (χ0) is 25.1. The summed E-state index contributed by atoms with van der Waals surface area (Å²) in [5, 5.41) is 0. The maximum Gasteiger partial charge on any atom is 0.416 e. The maximum absolute atomic E-state index is 13.6. The number of hydrogen-bond donors (Lipinski definition) is 0. The first-order valence-electron chi connectivity index (χ1n) is 11.3. The highest BCUT2D eigenvalue weighted by molar-refractivity contribution is 5.59. The predicted molar refractivity (Wildman–Crippen MR) is 123 cm³/mol. The summed E-state index contributed by atoms with van der Waals surface area (Å²) >= 11 is 0. The molecule has 0 radical (unpaired) electrons. The van der Waals surface area contributed by atoms with Crippen LogP contribution in [-0.2, 0) is 22.9 Å². The monoisotopic (exact) mass is 489 g/mol. The highest BCUT2D eigenvalue weighted by Crippen LogP contribution is 2.37. The van der Waals surface area contributed by atoms with Gasteiger partial charge in [0.25, 0.3) is 0 Å². The van der Waals surface area contributed by atoms with Crippen molar-refractivity contribution in [3.8, 4) is 17.1 Å². The molecule has 0 aliphatic carbocycles. The van der Waals surface area contributed by atoms with Gasteiger partial charge >= 0.3 is 6.18 Å². The number of aromatic nitrogens is 2. The van der Waals surface area contributed by atoms with E-state index in [9.17, 15) is 17.6 Å². The average Bonchev–Trinajstić information content (AvgIpc) is 2.85. The van der Waals surface area contributed by atoms with Crippen molar-refractivity contribution in [2.24, 2.45) is 0 Å². The molecule has 0 atom stereocenters. The molecule has 3 heterocycles. The minimum atomic E-state index is -4.53. The van der Waals surface area contributed by atoms with E-state index in [1.807, 2.05) is 7.05 Å². The Morgan fingerprint density at radius 3 is 2.34 bits per heavy atom. The first kappa shape index (κ1) is 25.1. The maximum atomic E-state index is 13.6. The van der Waals surface area contributed by atoms with Gasteiger partial charge in [-0.3, -0.25) is 4.98 Å². The van der Waals surface area contributed by atoms with E-state index >= 15 is 0 Å². The normalized spacial score (nSPS) is 16.3. The van der Waals surface area contributed by atoms with Crippen LogP contribution < -0.4 is 4.74 Å². The summed E-state index contributed by atoms with van der Waals surface area (Å²) in [7, 11) is 3.50. The molecule has 186 valence electrons. The van der Waals surface area contributed by atoms with Crippen molar-refractivity contribution < 1.29 is 27.0 Å². The molecule has 9 heteroatoms. The topological polar surface area (TPSA) is 47.5 Å². The highest BCUT2D eigenvalue weighted by Gasteiger charge is 2.36. The fourth-order valence-electron chi connectivity index (χ4n) is 4.34. The molecule has 0 amide bonds. The van der Waals surface area contributed by atoms with Crippen molar-refractivity contribution in [2.75, 3.05) is 33.9 Å². The average molecular weight is 490 g/mol. The van der Waals surface area contributed by atoms with Crippen LogP contribution in [-0.4, -0.2) is 48.7 Å². The minimum absolute atomic E-state index is 0.0840. The lowest BCUT2D eigenvalue weighted by molar-refractivity contribution is -0.137. The Labute approximate surface area is 201 Å². The number of benzene rings is 1. The van der Waals surface area contributed by atoms with Crippen LogP contribution in [0.15, 0.2) is 54.7 Å². The van der Waals surface area contributed by atoms with Crippen LogP contribution >= 0.6 is 0 Å². The zero-order valence-electron chi connectivity index (χ0n) is 19.6. The molecule has 0 unspecified atom stereocenters. The number of piperidine rings is 1. The van der Waals surface area contributed by atoms with Crippen LogP contribution in [0.2, 0.25) is 0 Å². The van der Waals surface area contributed by atoms with E-state index in [1.165, 1.54) is 25.4 Å². The molecule has 0 saturated carbocycles. The number of hydrogen-bond acceptors (Lipinski definition) is 5. The van der Waals surface area contributed by atoms with Crippen molar-refractivity contribution >= 4 is 0 Å². The smallest absolute Gasteiger partial charge is 0.416 e. The predicted octanol–water partition coefficient (Wildman–Crippen LogP) is 5.49. The second kappa shape index (κ2) is 10.3. The van der Waals surface area contributed by atoms with Gasteiger partial charge < -0.3 is 14.4 Å². The van der Waals surface area contributed by atoms with Crippen molar-refractivity contribution in [1.29, 1.82) is 0 Å². The molecule has 1 fully saturated rings. The van der Waals surface area contributed by atoms with E-state index in [4.69, 9.17) is 9.47 Å². The number of pyridine rings is 2. The van der Waals surface area contributed by atoms with Gasteiger partial charge in [-0.15, -0.1) is 0 Å². The summed E-state index contributed by atoms with van der Waals surface area (Å²) in [4.78, 5) is 10.7. The summed E-state index contributed by atoms with van der Waals surface area (Å²) in [6, 6.07) is 11.6. The Kier molecular flexibility index (Phi) is 7.37. The van der Waals surface area contributed by atoms with Crippen LogP contribution in [0.3, 0.4) is 0 Å². The molecule has 0 N–H and O–H groups in total. The van der Waals surface area contributed by atoms with Gasteiger partial charge in [0, 0.05) is 23.2 Å². The van der Waals surface area contributed by atoms with Gasteiger partial charge in [-0.1, -0.05) is 12.1 Å². The van der Waals surface area contributed by atoms with Crippen LogP contribution in [0.4, 0.5) is 17.6 Å². The van der Waals surface area contributed by atoms with Crippen molar-refractivity contribution in [3.63, 3.8) is 0 Å². The Morgan fingerprint density at radius 1 is 1.03 bits per heavy atom. The fraction of sp³-hybridized carbons (Fsp3) is 0.385. The summed E-state index contributed by atoms with van der Waals surface area (Å²) in [5.41, 5.74) is 0.591. The zero-order valence-corrected chi connectivity index (χ0v) is 19.6. The largest absolute Gasteiger partial charge is 0.481 e. The van der Waals surface area contributed by atoms with Crippen LogP contribution in [0.1, 0.15) is 29.7 Å². The third-order valence-electron chi connectivity index (χ3n) is 6.48. The molecular formula is C26H27F4N3O2. The van der Waals surface area contributed by atoms with E-state index < -0.39 is 11.7 Å². The van der Waals surface area contributed by atoms with Gasteiger partial charge in [0.1, 0.15) is 5.82 Å². The summed E-state index contributed by atoms with van der Waals surface area (Å²) < 4.78 is 65.4. The molecule has 1 saturated heterocycles. The molecule has 35 heavy (non-hydrogen) atoms.